The summed E-state index contributed by atoms with van der Waals surface area (Å²) in [5.74, 6) is 1.41. The van der Waals surface area contributed by atoms with Gasteiger partial charge in [-0.05, 0) is 73.9 Å². The number of nitrogens with one attached hydrogen (secondary N) is 1. The summed E-state index contributed by atoms with van der Waals surface area (Å²) in [6, 6.07) is 17.8. The molecule has 0 unspecified atom stereocenters. The van der Waals surface area contributed by atoms with E-state index < -0.39 is 0 Å². The van der Waals surface area contributed by atoms with Crippen LogP contribution in [0.1, 0.15) is 29.2 Å². The van der Waals surface area contributed by atoms with Crippen LogP contribution in [0.25, 0.3) is 0 Å². The van der Waals surface area contributed by atoms with Crippen LogP contribution in [0.4, 0.5) is 5.69 Å². The zero-order valence-corrected chi connectivity index (χ0v) is 18.4. The van der Waals surface area contributed by atoms with E-state index in [1.165, 1.54) is 11.1 Å². The Morgan fingerprint density at radius 2 is 1.66 bits per heavy atom. The van der Waals surface area contributed by atoms with Gasteiger partial charge in [-0.25, -0.2) is 0 Å². The van der Waals surface area contributed by atoms with E-state index in [-0.39, 0.29) is 0 Å². The molecular formula is C24H25Cl2NO2. The fourth-order valence-electron chi connectivity index (χ4n) is 2.90. The third-order valence-electron chi connectivity index (χ3n) is 4.71. The van der Waals surface area contributed by atoms with Gasteiger partial charge in [0.25, 0.3) is 0 Å². The Balaban J connectivity index is 1.69. The van der Waals surface area contributed by atoms with Gasteiger partial charge in [-0.1, -0.05) is 41.4 Å². The smallest absolute Gasteiger partial charge is 0.161 e. The van der Waals surface area contributed by atoms with Crippen LogP contribution in [-0.2, 0) is 13.2 Å². The summed E-state index contributed by atoms with van der Waals surface area (Å²) in [5, 5.41) is 4.66. The first-order chi connectivity index (χ1) is 14.0. The van der Waals surface area contributed by atoms with Gasteiger partial charge >= 0.3 is 0 Å². The standard InChI is InChI=1S/C24H25Cl2NO2/c1-4-28-24-12-18(14-27-21-9-5-16(2)17(3)11-21)6-10-23(24)29-15-19-7-8-20(25)13-22(19)26/h5-13,27H,4,14-15H2,1-3H3. The Bertz CT molecular complexity index is 989. The molecule has 0 fully saturated rings. The molecule has 29 heavy (non-hydrogen) atoms. The van der Waals surface area contributed by atoms with Crippen LogP contribution in [0.15, 0.2) is 54.6 Å². The maximum Gasteiger partial charge on any atom is 0.161 e. The summed E-state index contributed by atoms with van der Waals surface area (Å²) < 4.78 is 11.8. The molecule has 0 aliphatic heterocycles. The minimum absolute atomic E-state index is 0.344. The van der Waals surface area contributed by atoms with Crippen molar-refractivity contribution in [2.45, 2.75) is 33.9 Å². The zero-order chi connectivity index (χ0) is 20.8. The van der Waals surface area contributed by atoms with Gasteiger partial charge in [0.2, 0.25) is 0 Å². The lowest BCUT2D eigenvalue weighted by atomic mass is 10.1. The van der Waals surface area contributed by atoms with Crippen LogP contribution in [0.2, 0.25) is 10.0 Å². The van der Waals surface area contributed by atoms with Gasteiger partial charge in [0, 0.05) is 27.8 Å². The van der Waals surface area contributed by atoms with Crippen molar-refractivity contribution in [2.24, 2.45) is 0 Å². The molecule has 0 saturated carbocycles. The van der Waals surface area contributed by atoms with Crippen LogP contribution < -0.4 is 14.8 Å². The van der Waals surface area contributed by atoms with Crippen LogP contribution in [0, 0.1) is 13.8 Å². The minimum Gasteiger partial charge on any atom is -0.490 e. The van der Waals surface area contributed by atoms with E-state index in [1.807, 2.05) is 31.2 Å². The van der Waals surface area contributed by atoms with Crippen molar-refractivity contribution in [1.29, 1.82) is 0 Å². The topological polar surface area (TPSA) is 30.5 Å². The largest absolute Gasteiger partial charge is 0.490 e. The molecular weight excluding hydrogens is 405 g/mol. The monoisotopic (exact) mass is 429 g/mol. The Labute approximate surface area is 182 Å². The van der Waals surface area contributed by atoms with Gasteiger partial charge in [0.05, 0.1) is 6.61 Å². The molecule has 0 atom stereocenters. The molecule has 3 aromatic rings. The summed E-state index contributed by atoms with van der Waals surface area (Å²) in [5.41, 5.74) is 5.65. The van der Waals surface area contributed by atoms with Crippen molar-refractivity contribution < 1.29 is 9.47 Å². The zero-order valence-electron chi connectivity index (χ0n) is 16.9. The highest BCUT2D eigenvalue weighted by Gasteiger charge is 2.09. The normalized spacial score (nSPS) is 10.7. The third-order valence-corrected chi connectivity index (χ3v) is 5.30. The summed E-state index contributed by atoms with van der Waals surface area (Å²) >= 11 is 12.2. The van der Waals surface area contributed by atoms with E-state index >= 15 is 0 Å². The van der Waals surface area contributed by atoms with E-state index in [0.717, 1.165) is 22.6 Å². The van der Waals surface area contributed by atoms with Crippen LogP contribution in [-0.4, -0.2) is 6.61 Å². The highest BCUT2D eigenvalue weighted by molar-refractivity contribution is 6.35. The number of benzene rings is 3. The van der Waals surface area contributed by atoms with E-state index in [4.69, 9.17) is 32.7 Å². The number of halogens is 2. The number of rotatable bonds is 8. The number of ether oxygens (including phenoxy) is 2. The summed E-state index contributed by atoms with van der Waals surface area (Å²) in [4.78, 5) is 0. The number of hydrogen-bond donors (Lipinski definition) is 1. The first-order valence-corrected chi connectivity index (χ1v) is 10.4. The van der Waals surface area contributed by atoms with Crippen LogP contribution >= 0.6 is 23.2 Å². The molecule has 0 amide bonds. The summed E-state index contributed by atoms with van der Waals surface area (Å²) in [6.45, 7) is 7.80. The van der Waals surface area contributed by atoms with Gasteiger partial charge in [-0.2, -0.15) is 0 Å². The lowest BCUT2D eigenvalue weighted by Crippen LogP contribution is -2.03. The fourth-order valence-corrected chi connectivity index (χ4v) is 3.36. The highest BCUT2D eigenvalue weighted by Crippen LogP contribution is 2.31. The first kappa shape index (κ1) is 21.4. The lowest BCUT2D eigenvalue weighted by molar-refractivity contribution is 0.269. The van der Waals surface area contributed by atoms with Crippen molar-refractivity contribution in [3.8, 4) is 11.5 Å². The molecule has 0 aromatic heterocycles. The highest BCUT2D eigenvalue weighted by atomic mass is 35.5. The average molecular weight is 430 g/mol. The van der Waals surface area contributed by atoms with E-state index in [1.54, 1.807) is 12.1 Å². The molecule has 3 nitrogen and oxygen atoms in total. The average Bonchev–Trinajstić information content (AvgIpc) is 2.69. The number of hydrogen-bond acceptors (Lipinski definition) is 3. The van der Waals surface area contributed by atoms with Crippen molar-refractivity contribution in [1.82, 2.24) is 0 Å². The first-order valence-electron chi connectivity index (χ1n) is 9.60. The van der Waals surface area contributed by atoms with Gasteiger partial charge < -0.3 is 14.8 Å². The molecule has 5 heteroatoms. The Morgan fingerprint density at radius 3 is 2.38 bits per heavy atom. The molecule has 0 aliphatic rings. The molecule has 0 spiro atoms. The lowest BCUT2D eigenvalue weighted by Gasteiger charge is -2.15. The molecule has 3 rings (SSSR count). The second kappa shape index (κ2) is 9.91. The van der Waals surface area contributed by atoms with Crippen molar-refractivity contribution >= 4 is 28.9 Å². The van der Waals surface area contributed by atoms with Crippen LogP contribution in [0.5, 0.6) is 11.5 Å². The summed E-state index contributed by atoms with van der Waals surface area (Å²) in [6.07, 6.45) is 0. The fraction of sp³-hybridized carbons (Fsp3) is 0.250. The maximum absolute atomic E-state index is 6.24. The summed E-state index contributed by atoms with van der Waals surface area (Å²) in [7, 11) is 0. The molecule has 3 aromatic carbocycles. The van der Waals surface area contributed by atoms with Crippen molar-refractivity contribution in [3.63, 3.8) is 0 Å². The van der Waals surface area contributed by atoms with Gasteiger partial charge in [0.15, 0.2) is 11.5 Å². The second-order valence-corrected chi connectivity index (χ2v) is 7.73. The molecule has 0 aliphatic carbocycles. The molecule has 1 N–H and O–H groups in total. The SMILES string of the molecule is CCOc1cc(CNc2ccc(C)c(C)c2)ccc1OCc1ccc(Cl)cc1Cl. The molecule has 152 valence electrons. The third kappa shape index (κ3) is 5.81. The predicted octanol–water partition coefficient (Wildman–Crippen LogP) is 7.20. The van der Waals surface area contributed by atoms with Crippen LogP contribution in [0.3, 0.4) is 0 Å². The number of aryl methyl sites for hydroxylation is 2. The van der Waals surface area contributed by atoms with E-state index in [2.05, 4.69) is 37.4 Å². The van der Waals surface area contributed by atoms with Crippen molar-refractivity contribution in [2.75, 3.05) is 11.9 Å². The number of anilines is 1. The quantitative estimate of drug-likeness (QED) is 0.410. The molecule has 0 heterocycles. The molecule has 0 radical (unpaired) electrons. The molecule has 0 bridgehead atoms. The molecule has 0 saturated heterocycles. The van der Waals surface area contributed by atoms with E-state index in [9.17, 15) is 0 Å². The maximum atomic E-state index is 6.24. The Kier molecular flexibility index (Phi) is 7.29. The van der Waals surface area contributed by atoms with E-state index in [0.29, 0.717) is 35.6 Å². The Hall–Kier alpha value is -2.36. The predicted molar refractivity (Wildman–Crippen MR) is 122 cm³/mol. The van der Waals surface area contributed by atoms with Gasteiger partial charge in [-0.15, -0.1) is 0 Å². The van der Waals surface area contributed by atoms with Gasteiger partial charge in [-0.3, -0.25) is 0 Å². The minimum atomic E-state index is 0.344. The van der Waals surface area contributed by atoms with Crippen molar-refractivity contribution in [3.05, 3.63) is 86.9 Å². The van der Waals surface area contributed by atoms with Gasteiger partial charge in [0.1, 0.15) is 6.61 Å². The Morgan fingerprint density at radius 1 is 0.828 bits per heavy atom. The second-order valence-electron chi connectivity index (χ2n) is 6.89.